The van der Waals surface area contributed by atoms with Gasteiger partial charge in [-0.1, -0.05) is 34.1 Å². The number of carbonyl (C=O) groups excluding carboxylic acids is 3. The molecule has 6 heteroatoms. The first kappa shape index (κ1) is 19.9. The van der Waals surface area contributed by atoms with Crippen molar-refractivity contribution in [3.63, 3.8) is 0 Å². The number of rotatable bonds is 7. The van der Waals surface area contributed by atoms with E-state index in [1.807, 2.05) is 13.8 Å². The lowest BCUT2D eigenvalue weighted by molar-refractivity contribution is -0.124. The van der Waals surface area contributed by atoms with Crippen LogP contribution < -0.4 is 10.6 Å². The van der Waals surface area contributed by atoms with Gasteiger partial charge in [-0.3, -0.25) is 9.59 Å². The second-order valence-corrected chi connectivity index (χ2v) is 5.25. The van der Waals surface area contributed by atoms with Gasteiger partial charge in [0.25, 0.3) is 5.91 Å². The zero-order valence-corrected chi connectivity index (χ0v) is 13.7. The van der Waals surface area contributed by atoms with Crippen molar-refractivity contribution >= 4 is 18.1 Å². The maximum absolute atomic E-state index is 11.8. The molecule has 1 rings (SSSR count). The first-order chi connectivity index (χ1) is 10.5. The van der Waals surface area contributed by atoms with E-state index < -0.39 is 11.9 Å². The molecule has 0 aliphatic heterocycles. The molecule has 22 heavy (non-hydrogen) atoms. The van der Waals surface area contributed by atoms with Crippen molar-refractivity contribution in [3.05, 3.63) is 24.2 Å². The molecule has 0 aliphatic carbocycles. The second-order valence-electron chi connectivity index (χ2n) is 5.25. The smallest absolute Gasteiger partial charge is 0.287 e. The van der Waals surface area contributed by atoms with Crippen LogP contribution in [-0.2, 0) is 9.59 Å². The van der Waals surface area contributed by atoms with Crippen molar-refractivity contribution in [1.82, 2.24) is 10.6 Å². The Bertz CT molecular complexity index is 441. The lowest BCUT2D eigenvalue weighted by atomic mass is 10.0. The Morgan fingerprint density at radius 1 is 1.32 bits per heavy atom. The lowest BCUT2D eigenvalue weighted by Gasteiger charge is -2.19. The van der Waals surface area contributed by atoms with Gasteiger partial charge in [0.15, 0.2) is 5.76 Å². The van der Waals surface area contributed by atoms with Gasteiger partial charge in [-0.2, -0.15) is 0 Å². The fourth-order valence-corrected chi connectivity index (χ4v) is 1.61. The molecule has 1 atom stereocenters. The maximum Gasteiger partial charge on any atom is 0.287 e. The van der Waals surface area contributed by atoms with Crippen molar-refractivity contribution in [2.24, 2.45) is 5.92 Å². The summed E-state index contributed by atoms with van der Waals surface area (Å²) in [7, 11) is 0. The molecule has 0 bridgehead atoms. The van der Waals surface area contributed by atoms with Crippen LogP contribution in [0, 0.1) is 5.92 Å². The van der Waals surface area contributed by atoms with Crippen LogP contribution in [0.15, 0.2) is 22.8 Å². The van der Waals surface area contributed by atoms with E-state index in [2.05, 4.69) is 24.5 Å². The van der Waals surface area contributed by atoms with Crippen molar-refractivity contribution in [3.8, 4) is 0 Å². The van der Waals surface area contributed by atoms with Crippen LogP contribution in [0.25, 0.3) is 0 Å². The van der Waals surface area contributed by atoms with Crippen molar-refractivity contribution in [2.75, 3.05) is 6.54 Å². The highest BCUT2D eigenvalue weighted by Gasteiger charge is 2.23. The van der Waals surface area contributed by atoms with E-state index >= 15 is 0 Å². The minimum Gasteiger partial charge on any atom is -0.459 e. The van der Waals surface area contributed by atoms with E-state index in [1.54, 1.807) is 6.07 Å². The number of furan rings is 1. The zero-order valence-electron chi connectivity index (χ0n) is 13.7. The highest BCUT2D eigenvalue weighted by atomic mass is 16.3. The number of amides is 2. The molecule has 2 amide bonds. The molecule has 0 spiro atoms. The average Bonchev–Trinajstić information content (AvgIpc) is 2.98. The van der Waals surface area contributed by atoms with E-state index in [9.17, 15) is 14.4 Å². The number of aldehydes is 1. The molecule has 0 saturated carbocycles. The van der Waals surface area contributed by atoms with Crippen LogP contribution >= 0.6 is 0 Å². The van der Waals surface area contributed by atoms with Gasteiger partial charge in [-0.15, -0.1) is 0 Å². The molecule has 2 N–H and O–H groups in total. The average molecular weight is 310 g/mol. The fourth-order valence-electron chi connectivity index (χ4n) is 1.61. The topological polar surface area (TPSA) is 88.4 Å². The molecule has 0 fully saturated rings. The molecule has 0 aromatic carbocycles. The van der Waals surface area contributed by atoms with Gasteiger partial charge >= 0.3 is 0 Å². The molecule has 1 heterocycles. The summed E-state index contributed by atoms with van der Waals surface area (Å²) in [6.07, 6.45) is 3.72. The van der Waals surface area contributed by atoms with Gasteiger partial charge in [-0.25, -0.2) is 0 Å². The van der Waals surface area contributed by atoms with Gasteiger partial charge in [0.05, 0.1) is 12.8 Å². The third-order valence-corrected chi connectivity index (χ3v) is 2.43. The summed E-state index contributed by atoms with van der Waals surface area (Å²) in [6, 6.07) is 2.43. The minimum absolute atomic E-state index is 0.0654. The Balaban J connectivity index is 0.00000135. The van der Waals surface area contributed by atoms with Gasteiger partial charge in [0.1, 0.15) is 12.3 Å². The first-order valence-corrected chi connectivity index (χ1v) is 7.51. The Morgan fingerprint density at radius 2 is 1.95 bits per heavy atom. The molecular formula is C16H26N2O4. The summed E-state index contributed by atoms with van der Waals surface area (Å²) in [5.41, 5.74) is 0. The van der Waals surface area contributed by atoms with Gasteiger partial charge < -0.3 is 19.8 Å². The summed E-state index contributed by atoms with van der Waals surface area (Å²) >= 11 is 0. The molecule has 0 radical (unpaired) electrons. The van der Waals surface area contributed by atoms with Gasteiger partial charge in [0, 0.05) is 0 Å². The van der Waals surface area contributed by atoms with E-state index in [-0.39, 0.29) is 24.1 Å². The summed E-state index contributed by atoms with van der Waals surface area (Å²) in [6.45, 7) is 8.07. The SMILES string of the molecule is CC(C)C[C@H](NC(=O)c1ccco1)C(=O)NCC=O.CCC. The van der Waals surface area contributed by atoms with E-state index in [0.717, 1.165) is 0 Å². The number of hydrogen-bond donors (Lipinski definition) is 2. The monoisotopic (exact) mass is 310 g/mol. The number of carbonyl (C=O) groups is 3. The summed E-state index contributed by atoms with van der Waals surface area (Å²) in [5.74, 6) is -0.446. The standard InChI is InChI=1S/C13H18N2O4.C3H8/c1-9(2)8-10(12(17)14-5-6-16)15-13(18)11-4-3-7-19-11;1-3-2/h3-4,6-7,9-10H,5,8H2,1-2H3,(H,14,17)(H,15,18);3H2,1-2H3/t10-;/m0./s1. The maximum atomic E-state index is 11.8. The van der Waals surface area contributed by atoms with Crippen LogP contribution in [0.2, 0.25) is 0 Å². The molecular weight excluding hydrogens is 284 g/mol. The third kappa shape index (κ3) is 8.24. The third-order valence-electron chi connectivity index (χ3n) is 2.43. The van der Waals surface area contributed by atoms with E-state index in [1.165, 1.54) is 18.8 Å². The van der Waals surface area contributed by atoms with Gasteiger partial charge in [0.2, 0.25) is 5.91 Å². The first-order valence-electron chi connectivity index (χ1n) is 7.51. The summed E-state index contributed by atoms with van der Waals surface area (Å²) in [4.78, 5) is 33.9. The minimum atomic E-state index is -0.683. The second kappa shape index (κ2) is 11.5. The molecule has 1 aromatic rings. The summed E-state index contributed by atoms with van der Waals surface area (Å²) in [5, 5.41) is 5.03. The predicted octanol–water partition coefficient (Wildman–Crippen LogP) is 2.16. The Hall–Kier alpha value is -2.11. The normalized spacial score (nSPS) is 11.1. The van der Waals surface area contributed by atoms with E-state index in [0.29, 0.717) is 12.7 Å². The number of hydrogen-bond acceptors (Lipinski definition) is 4. The Morgan fingerprint density at radius 3 is 2.41 bits per heavy atom. The van der Waals surface area contributed by atoms with Crippen LogP contribution in [0.4, 0.5) is 0 Å². The quantitative estimate of drug-likeness (QED) is 0.755. The Kier molecular flexibility index (Phi) is 10.4. The zero-order chi connectivity index (χ0) is 17.0. The molecule has 0 unspecified atom stereocenters. The van der Waals surface area contributed by atoms with Crippen molar-refractivity contribution in [1.29, 1.82) is 0 Å². The van der Waals surface area contributed by atoms with Crippen LogP contribution in [0.1, 0.15) is 51.1 Å². The molecule has 6 nitrogen and oxygen atoms in total. The highest BCUT2D eigenvalue weighted by molar-refractivity contribution is 5.95. The molecule has 1 aromatic heterocycles. The molecule has 0 saturated heterocycles. The van der Waals surface area contributed by atoms with Crippen LogP contribution in [-0.4, -0.2) is 30.7 Å². The van der Waals surface area contributed by atoms with E-state index in [4.69, 9.17) is 4.42 Å². The molecule has 124 valence electrons. The summed E-state index contributed by atoms with van der Waals surface area (Å²) < 4.78 is 4.96. The van der Waals surface area contributed by atoms with Crippen LogP contribution in [0.3, 0.4) is 0 Å². The van der Waals surface area contributed by atoms with Crippen LogP contribution in [0.5, 0.6) is 0 Å². The van der Waals surface area contributed by atoms with Crippen molar-refractivity contribution < 1.29 is 18.8 Å². The largest absolute Gasteiger partial charge is 0.459 e. The highest BCUT2D eigenvalue weighted by Crippen LogP contribution is 2.07. The lowest BCUT2D eigenvalue weighted by Crippen LogP contribution is -2.47. The van der Waals surface area contributed by atoms with Crippen molar-refractivity contribution in [2.45, 2.75) is 46.6 Å². The van der Waals surface area contributed by atoms with Gasteiger partial charge in [-0.05, 0) is 24.5 Å². The fraction of sp³-hybridized carbons (Fsp3) is 0.562. The predicted molar refractivity (Wildman–Crippen MR) is 84.5 cm³/mol. The molecule has 0 aliphatic rings. The Labute approximate surface area is 131 Å². The number of nitrogens with one attached hydrogen (secondary N) is 2.